The van der Waals surface area contributed by atoms with Gasteiger partial charge in [-0.05, 0) is 12.1 Å². The summed E-state index contributed by atoms with van der Waals surface area (Å²) in [6.07, 6.45) is 1.88. The van der Waals surface area contributed by atoms with Crippen LogP contribution in [0.5, 0.6) is 0 Å². The van der Waals surface area contributed by atoms with E-state index in [4.69, 9.17) is 9.97 Å². The van der Waals surface area contributed by atoms with Gasteiger partial charge in [-0.15, -0.1) is 28.1 Å². The van der Waals surface area contributed by atoms with Crippen LogP contribution in [-0.4, -0.2) is 24.7 Å². The van der Waals surface area contributed by atoms with Crippen LogP contribution in [0.3, 0.4) is 0 Å². The quantitative estimate of drug-likeness (QED) is 0.152. The molecule has 3 aromatic heterocycles. The zero-order chi connectivity index (χ0) is 25.0. The van der Waals surface area contributed by atoms with Gasteiger partial charge in [-0.3, -0.25) is 4.57 Å². The Balaban J connectivity index is 1.35. The average Bonchev–Trinajstić information content (AvgIpc) is 3.60. The highest BCUT2D eigenvalue weighted by Crippen LogP contribution is 2.34. The van der Waals surface area contributed by atoms with Crippen LogP contribution in [0.25, 0.3) is 44.1 Å². The van der Waals surface area contributed by atoms with Crippen LogP contribution in [0, 0.1) is 0 Å². The molecule has 0 saturated heterocycles. The van der Waals surface area contributed by atoms with E-state index in [1.165, 1.54) is 0 Å². The van der Waals surface area contributed by atoms with Gasteiger partial charge in [-0.2, -0.15) is 0 Å². The van der Waals surface area contributed by atoms with Crippen LogP contribution in [0.15, 0.2) is 114 Å². The monoisotopic (exact) mass is 517 g/mol. The molecule has 7 heteroatoms. The van der Waals surface area contributed by atoms with Crippen LogP contribution in [0.2, 0.25) is 0 Å². The molecule has 3 heterocycles. The molecule has 180 valence electrons. The zero-order valence-corrected chi connectivity index (χ0v) is 21.6. The van der Waals surface area contributed by atoms with Crippen molar-refractivity contribution >= 4 is 34.0 Å². The Morgan fingerprint density at radius 1 is 0.838 bits per heavy atom. The summed E-state index contributed by atoms with van der Waals surface area (Å²) in [5.74, 6) is 1.52. The molecule has 0 aliphatic carbocycles. The Bertz CT molecular complexity index is 1670. The smallest absolute Gasteiger partial charge is 0.192 e. The molecule has 0 saturated carbocycles. The Labute approximate surface area is 223 Å². The first kappa shape index (κ1) is 23.3. The molecule has 0 fully saturated rings. The van der Waals surface area contributed by atoms with E-state index in [9.17, 15) is 0 Å². The van der Waals surface area contributed by atoms with Gasteiger partial charge >= 0.3 is 0 Å². The van der Waals surface area contributed by atoms with Crippen molar-refractivity contribution in [3.05, 3.63) is 115 Å². The van der Waals surface area contributed by atoms with Crippen LogP contribution in [-0.2, 0) is 12.3 Å². The predicted molar refractivity (Wildman–Crippen MR) is 154 cm³/mol. The summed E-state index contributed by atoms with van der Waals surface area (Å²) < 4.78 is 2.12. The minimum atomic E-state index is 0.605. The summed E-state index contributed by atoms with van der Waals surface area (Å²) in [6, 6.07) is 30.8. The number of pyridine rings is 1. The molecule has 0 N–H and O–H groups in total. The number of thiazole rings is 1. The Morgan fingerprint density at radius 2 is 1.57 bits per heavy atom. The van der Waals surface area contributed by atoms with Crippen LogP contribution in [0.1, 0.15) is 5.69 Å². The van der Waals surface area contributed by atoms with Gasteiger partial charge in [0.25, 0.3) is 0 Å². The van der Waals surface area contributed by atoms with Gasteiger partial charge < -0.3 is 0 Å². The van der Waals surface area contributed by atoms with E-state index in [1.54, 1.807) is 23.1 Å². The van der Waals surface area contributed by atoms with Crippen molar-refractivity contribution in [1.82, 2.24) is 24.7 Å². The second-order valence-electron chi connectivity index (χ2n) is 8.44. The van der Waals surface area contributed by atoms with E-state index in [1.807, 2.05) is 60.7 Å². The van der Waals surface area contributed by atoms with Crippen LogP contribution in [0.4, 0.5) is 0 Å². The molecular weight excluding hydrogens is 494 g/mol. The number of hydrogen-bond acceptors (Lipinski definition) is 6. The summed E-state index contributed by atoms with van der Waals surface area (Å²) in [4.78, 5) is 9.76. The molecule has 6 rings (SSSR count). The summed E-state index contributed by atoms with van der Waals surface area (Å²) in [5.41, 5.74) is 6.08. The highest BCUT2D eigenvalue weighted by molar-refractivity contribution is 7.98. The van der Waals surface area contributed by atoms with Crippen molar-refractivity contribution < 1.29 is 0 Å². The minimum Gasteiger partial charge on any atom is -0.298 e. The van der Waals surface area contributed by atoms with Crippen LogP contribution >= 0.6 is 23.1 Å². The van der Waals surface area contributed by atoms with Crippen molar-refractivity contribution in [2.75, 3.05) is 0 Å². The first-order chi connectivity index (χ1) is 18.3. The van der Waals surface area contributed by atoms with Gasteiger partial charge in [0.1, 0.15) is 5.01 Å². The lowest BCUT2D eigenvalue weighted by atomic mass is 10.0. The van der Waals surface area contributed by atoms with E-state index in [-0.39, 0.29) is 0 Å². The molecule has 0 unspecified atom stereocenters. The summed E-state index contributed by atoms with van der Waals surface area (Å²) in [6.45, 7) is 4.59. The standard InChI is InChI=1S/C30H23N5S2/c1-2-17-35-28(25-18-27(21-11-5-3-6-12-21)32-26-16-10-9-15-24(25)26)33-34-30(35)37-20-23-19-36-29(31-23)22-13-7-4-8-14-22/h2-16,18-19H,1,17,20H2. The Morgan fingerprint density at radius 3 is 2.35 bits per heavy atom. The van der Waals surface area contributed by atoms with Gasteiger partial charge in [-0.1, -0.05) is 96.7 Å². The molecule has 6 aromatic rings. The molecule has 0 bridgehead atoms. The highest BCUT2D eigenvalue weighted by atomic mass is 32.2. The zero-order valence-electron chi connectivity index (χ0n) is 20.0. The molecule has 37 heavy (non-hydrogen) atoms. The Kier molecular flexibility index (Phi) is 6.62. The van der Waals surface area contributed by atoms with Crippen molar-refractivity contribution in [2.45, 2.75) is 17.5 Å². The number of aromatic nitrogens is 5. The molecule has 5 nitrogen and oxygen atoms in total. The maximum absolute atomic E-state index is 4.93. The third-order valence-corrected chi connectivity index (χ3v) is 7.92. The first-order valence-electron chi connectivity index (χ1n) is 11.9. The fraction of sp³-hybridized carbons (Fsp3) is 0.0667. The summed E-state index contributed by atoms with van der Waals surface area (Å²) in [7, 11) is 0. The molecule has 0 amide bonds. The molecule has 3 aromatic carbocycles. The average molecular weight is 518 g/mol. The minimum absolute atomic E-state index is 0.605. The van der Waals surface area contributed by atoms with E-state index in [0.717, 1.165) is 55.0 Å². The van der Waals surface area contributed by atoms with Gasteiger partial charge in [0.2, 0.25) is 0 Å². The van der Waals surface area contributed by atoms with Gasteiger partial charge in [0.15, 0.2) is 11.0 Å². The Hall–Kier alpha value is -4.07. The van der Waals surface area contributed by atoms with Crippen molar-refractivity contribution in [1.29, 1.82) is 0 Å². The van der Waals surface area contributed by atoms with E-state index in [0.29, 0.717) is 12.3 Å². The maximum atomic E-state index is 4.93. The number of allylic oxidation sites excluding steroid dienone is 1. The number of hydrogen-bond donors (Lipinski definition) is 0. The summed E-state index contributed by atoms with van der Waals surface area (Å²) >= 11 is 3.31. The van der Waals surface area contributed by atoms with E-state index < -0.39 is 0 Å². The van der Waals surface area contributed by atoms with Gasteiger partial charge in [0, 0.05) is 39.8 Å². The highest BCUT2D eigenvalue weighted by Gasteiger charge is 2.18. The lowest BCUT2D eigenvalue weighted by Gasteiger charge is -2.12. The number of fused-ring (bicyclic) bond motifs is 1. The molecule has 0 radical (unpaired) electrons. The normalized spacial score (nSPS) is 11.1. The van der Waals surface area contributed by atoms with E-state index in [2.05, 4.69) is 63.1 Å². The first-order valence-corrected chi connectivity index (χ1v) is 13.8. The lowest BCUT2D eigenvalue weighted by molar-refractivity contribution is 0.731. The number of thioether (sulfide) groups is 1. The fourth-order valence-electron chi connectivity index (χ4n) is 4.23. The third-order valence-electron chi connectivity index (χ3n) is 5.98. The topological polar surface area (TPSA) is 56.5 Å². The molecule has 0 aliphatic rings. The third kappa shape index (κ3) is 4.83. The van der Waals surface area contributed by atoms with Gasteiger partial charge in [0.05, 0.1) is 16.9 Å². The molecule has 0 aliphatic heterocycles. The largest absolute Gasteiger partial charge is 0.298 e. The fourth-order valence-corrected chi connectivity index (χ4v) is 6.00. The van der Waals surface area contributed by atoms with E-state index >= 15 is 0 Å². The predicted octanol–water partition coefficient (Wildman–Crippen LogP) is 7.76. The number of benzene rings is 3. The molecule has 0 spiro atoms. The van der Waals surface area contributed by atoms with Crippen molar-refractivity contribution in [3.63, 3.8) is 0 Å². The van der Waals surface area contributed by atoms with Crippen molar-refractivity contribution in [2.24, 2.45) is 0 Å². The van der Waals surface area contributed by atoms with Crippen LogP contribution < -0.4 is 0 Å². The lowest BCUT2D eigenvalue weighted by Crippen LogP contribution is -2.02. The number of nitrogens with zero attached hydrogens (tertiary/aromatic N) is 5. The summed E-state index contributed by atoms with van der Waals surface area (Å²) in [5, 5.41) is 14.3. The number of para-hydroxylation sites is 1. The molecular formula is C30H23N5S2. The second kappa shape index (κ2) is 10.5. The van der Waals surface area contributed by atoms with Crippen molar-refractivity contribution in [3.8, 4) is 33.2 Å². The SMILES string of the molecule is C=CCn1c(SCc2csc(-c3ccccc3)n2)nnc1-c1cc(-c2ccccc2)nc2ccccc12. The second-order valence-corrected chi connectivity index (χ2v) is 10.2. The van der Waals surface area contributed by atoms with Gasteiger partial charge in [-0.25, -0.2) is 9.97 Å². The molecule has 0 atom stereocenters. The maximum Gasteiger partial charge on any atom is 0.192 e. The number of rotatable bonds is 8.